The average Bonchev–Trinajstić information content (AvgIpc) is 2.43. The Labute approximate surface area is 119 Å². The van der Waals surface area contributed by atoms with Gasteiger partial charge >= 0.3 is 5.97 Å². The lowest BCUT2D eigenvalue weighted by molar-refractivity contribution is -0.146. The molecule has 0 aliphatic heterocycles. The van der Waals surface area contributed by atoms with Crippen molar-refractivity contribution in [3.05, 3.63) is 29.8 Å². The minimum Gasteiger partial charge on any atom is -0.497 e. The fourth-order valence-corrected chi connectivity index (χ4v) is 1.82. The van der Waals surface area contributed by atoms with Gasteiger partial charge in [-0.25, -0.2) is 4.79 Å². The molecule has 0 fully saturated rings. The molecule has 110 valence electrons. The second kappa shape index (κ2) is 7.53. The van der Waals surface area contributed by atoms with E-state index in [4.69, 9.17) is 4.74 Å². The van der Waals surface area contributed by atoms with Crippen LogP contribution in [0.3, 0.4) is 0 Å². The number of carbonyl (C=O) groups excluding carboxylic acids is 2. The lowest BCUT2D eigenvalue weighted by Crippen LogP contribution is -2.45. The number of carbonyl (C=O) groups is 2. The molecule has 20 heavy (non-hydrogen) atoms. The van der Waals surface area contributed by atoms with Crippen LogP contribution in [-0.4, -0.2) is 32.1 Å². The molecule has 0 aliphatic carbocycles. The Morgan fingerprint density at radius 1 is 1.25 bits per heavy atom. The number of hydrogen-bond acceptors (Lipinski definition) is 4. The van der Waals surface area contributed by atoms with E-state index in [0.717, 1.165) is 5.56 Å². The highest BCUT2D eigenvalue weighted by Crippen LogP contribution is 2.13. The quantitative estimate of drug-likeness (QED) is 0.802. The first-order chi connectivity index (χ1) is 9.47. The lowest BCUT2D eigenvalue weighted by atomic mass is 10.0. The molecular weight excluding hydrogens is 258 g/mol. The van der Waals surface area contributed by atoms with Crippen LogP contribution >= 0.6 is 0 Å². The van der Waals surface area contributed by atoms with Crippen LogP contribution < -0.4 is 10.1 Å². The Kier molecular flexibility index (Phi) is 6.03. The van der Waals surface area contributed by atoms with Crippen molar-refractivity contribution in [1.29, 1.82) is 0 Å². The van der Waals surface area contributed by atoms with E-state index in [1.54, 1.807) is 13.2 Å². The van der Waals surface area contributed by atoms with Crippen molar-refractivity contribution in [2.45, 2.75) is 26.3 Å². The van der Waals surface area contributed by atoms with Crippen LogP contribution in [0, 0.1) is 5.92 Å². The molecule has 1 aromatic rings. The maximum absolute atomic E-state index is 12.0. The summed E-state index contributed by atoms with van der Waals surface area (Å²) >= 11 is 0. The molecule has 0 unspecified atom stereocenters. The van der Waals surface area contributed by atoms with E-state index >= 15 is 0 Å². The summed E-state index contributed by atoms with van der Waals surface area (Å²) in [5.74, 6) is 0.0155. The number of rotatable bonds is 6. The molecule has 0 radical (unpaired) electrons. The Hall–Kier alpha value is -2.04. The first kappa shape index (κ1) is 16.0. The minimum atomic E-state index is -0.627. The van der Waals surface area contributed by atoms with Gasteiger partial charge in [0, 0.05) is 0 Å². The van der Waals surface area contributed by atoms with Gasteiger partial charge in [0.2, 0.25) is 5.91 Å². The lowest BCUT2D eigenvalue weighted by Gasteiger charge is -2.19. The third-order valence-corrected chi connectivity index (χ3v) is 2.94. The highest BCUT2D eigenvalue weighted by atomic mass is 16.5. The second-order valence-electron chi connectivity index (χ2n) is 4.84. The normalized spacial score (nSPS) is 11.8. The molecule has 0 spiro atoms. The largest absolute Gasteiger partial charge is 0.497 e. The van der Waals surface area contributed by atoms with Crippen molar-refractivity contribution in [3.8, 4) is 5.75 Å². The van der Waals surface area contributed by atoms with Gasteiger partial charge in [0.1, 0.15) is 11.8 Å². The van der Waals surface area contributed by atoms with Crippen molar-refractivity contribution < 1.29 is 19.1 Å². The molecule has 0 heterocycles. The van der Waals surface area contributed by atoms with Crippen LogP contribution in [0.1, 0.15) is 19.4 Å². The van der Waals surface area contributed by atoms with Crippen LogP contribution in [0.25, 0.3) is 0 Å². The van der Waals surface area contributed by atoms with E-state index in [-0.39, 0.29) is 18.2 Å². The van der Waals surface area contributed by atoms with E-state index < -0.39 is 12.0 Å². The fourth-order valence-electron chi connectivity index (χ4n) is 1.82. The Balaban J connectivity index is 2.68. The summed E-state index contributed by atoms with van der Waals surface area (Å²) in [4.78, 5) is 23.6. The third-order valence-electron chi connectivity index (χ3n) is 2.94. The highest BCUT2D eigenvalue weighted by Gasteiger charge is 2.24. The van der Waals surface area contributed by atoms with Gasteiger partial charge in [-0.05, 0) is 23.6 Å². The summed E-state index contributed by atoms with van der Waals surface area (Å²) in [5, 5.41) is 2.70. The van der Waals surface area contributed by atoms with Gasteiger partial charge in [-0.2, -0.15) is 0 Å². The molecule has 0 saturated carbocycles. The van der Waals surface area contributed by atoms with Crippen molar-refractivity contribution in [2.75, 3.05) is 14.2 Å². The van der Waals surface area contributed by atoms with Crippen molar-refractivity contribution in [2.24, 2.45) is 5.92 Å². The predicted molar refractivity (Wildman–Crippen MR) is 75.5 cm³/mol. The molecule has 1 atom stereocenters. The van der Waals surface area contributed by atoms with Crippen molar-refractivity contribution in [3.63, 3.8) is 0 Å². The van der Waals surface area contributed by atoms with Crippen LogP contribution in [0.4, 0.5) is 0 Å². The maximum atomic E-state index is 12.0. The summed E-state index contributed by atoms with van der Waals surface area (Å²) in [6.07, 6.45) is 0.192. The SMILES string of the molecule is COC(=O)[C@H](NC(=O)Cc1cccc(OC)c1)C(C)C. The predicted octanol–water partition coefficient (Wildman–Crippen LogP) is 1.55. The number of nitrogens with one attached hydrogen (secondary N) is 1. The topological polar surface area (TPSA) is 64.6 Å². The molecule has 1 rings (SSSR count). The summed E-state index contributed by atoms with van der Waals surface area (Å²) < 4.78 is 9.79. The van der Waals surface area contributed by atoms with Crippen LogP contribution in [0.2, 0.25) is 0 Å². The minimum absolute atomic E-state index is 0.0308. The highest BCUT2D eigenvalue weighted by molar-refractivity contribution is 5.85. The summed E-state index contributed by atoms with van der Waals surface area (Å²) in [6, 6.07) is 6.64. The van der Waals surface area contributed by atoms with E-state index in [1.807, 2.05) is 32.0 Å². The van der Waals surface area contributed by atoms with Crippen molar-refractivity contribution >= 4 is 11.9 Å². The number of benzene rings is 1. The Morgan fingerprint density at radius 2 is 1.95 bits per heavy atom. The molecule has 5 heteroatoms. The van der Waals surface area contributed by atoms with Crippen molar-refractivity contribution in [1.82, 2.24) is 5.32 Å². The maximum Gasteiger partial charge on any atom is 0.328 e. The molecule has 0 aromatic heterocycles. The first-order valence-electron chi connectivity index (χ1n) is 6.48. The zero-order chi connectivity index (χ0) is 15.1. The molecule has 1 aromatic carbocycles. The van der Waals surface area contributed by atoms with Gasteiger partial charge in [0.05, 0.1) is 20.6 Å². The molecule has 0 saturated heterocycles. The zero-order valence-electron chi connectivity index (χ0n) is 12.3. The van der Waals surface area contributed by atoms with Crippen LogP contribution in [0.15, 0.2) is 24.3 Å². The van der Waals surface area contributed by atoms with Gasteiger partial charge in [-0.15, -0.1) is 0 Å². The molecule has 0 bridgehead atoms. The van der Waals surface area contributed by atoms with E-state index in [0.29, 0.717) is 5.75 Å². The standard InChI is InChI=1S/C15H21NO4/c1-10(2)14(15(18)20-4)16-13(17)9-11-6-5-7-12(8-11)19-3/h5-8,10,14H,9H2,1-4H3,(H,16,17)/t14-/m1/s1. The summed E-state index contributed by atoms with van der Waals surface area (Å²) in [6.45, 7) is 3.71. The zero-order valence-corrected chi connectivity index (χ0v) is 12.3. The number of esters is 1. The first-order valence-corrected chi connectivity index (χ1v) is 6.48. The third kappa shape index (κ3) is 4.57. The monoisotopic (exact) mass is 279 g/mol. The van der Waals surface area contributed by atoms with Crippen LogP contribution in [0.5, 0.6) is 5.75 Å². The van der Waals surface area contributed by atoms with Gasteiger partial charge in [0.15, 0.2) is 0 Å². The Bertz CT molecular complexity index is 471. The van der Waals surface area contributed by atoms with Gasteiger partial charge in [-0.3, -0.25) is 4.79 Å². The van der Waals surface area contributed by atoms with E-state index in [1.165, 1.54) is 7.11 Å². The molecule has 1 N–H and O–H groups in total. The summed E-state index contributed by atoms with van der Waals surface area (Å²) in [5.41, 5.74) is 0.828. The molecule has 5 nitrogen and oxygen atoms in total. The van der Waals surface area contributed by atoms with E-state index in [9.17, 15) is 9.59 Å². The smallest absolute Gasteiger partial charge is 0.328 e. The van der Waals surface area contributed by atoms with Crippen LogP contribution in [-0.2, 0) is 20.7 Å². The number of ether oxygens (including phenoxy) is 2. The molecule has 0 aliphatic rings. The average molecular weight is 279 g/mol. The summed E-state index contributed by atoms with van der Waals surface area (Å²) in [7, 11) is 2.89. The Morgan fingerprint density at radius 3 is 2.50 bits per heavy atom. The van der Waals surface area contributed by atoms with Gasteiger partial charge in [0.25, 0.3) is 0 Å². The van der Waals surface area contributed by atoms with E-state index in [2.05, 4.69) is 10.1 Å². The molecular formula is C15H21NO4. The number of amides is 1. The number of methoxy groups -OCH3 is 2. The fraction of sp³-hybridized carbons (Fsp3) is 0.467. The molecule has 1 amide bonds. The van der Waals surface area contributed by atoms with Gasteiger partial charge in [-0.1, -0.05) is 26.0 Å². The second-order valence-corrected chi connectivity index (χ2v) is 4.84. The van der Waals surface area contributed by atoms with Gasteiger partial charge < -0.3 is 14.8 Å². The number of hydrogen-bond donors (Lipinski definition) is 1.